The van der Waals surface area contributed by atoms with Gasteiger partial charge in [0.15, 0.2) is 0 Å². The first kappa shape index (κ1) is 23.6. The number of nitriles is 1. The molecule has 5 nitrogen and oxygen atoms in total. The van der Waals surface area contributed by atoms with E-state index in [-0.39, 0.29) is 6.61 Å². The second-order valence-corrected chi connectivity index (χ2v) is 7.26. The molecular formula is C19H32N2O3S. The van der Waals surface area contributed by atoms with Crippen molar-refractivity contribution in [3.63, 3.8) is 0 Å². The third kappa shape index (κ3) is 11.7. The highest BCUT2D eigenvalue weighted by atomic mass is 32.2. The lowest BCUT2D eigenvalue weighted by atomic mass is 10.2. The molecule has 1 aromatic rings. The number of hydrogen-bond acceptors (Lipinski definition) is 5. The molecule has 0 saturated heterocycles. The maximum absolute atomic E-state index is 11.6. The van der Waals surface area contributed by atoms with E-state index in [2.05, 4.69) is 0 Å². The number of rotatable bonds is 11. The van der Waals surface area contributed by atoms with Gasteiger partial charge >= 0.3 is 0 Å². The molecule has 1 N–H and O–H groups in total. The average molecular weight is 369 g/mol. The fraction of sp³-hybridized carbons (Fsp3) is 0.632. The van der Waals surface area contributed by atoms with E-state index >= 15 is 0 Å². The summed E-state index contributed by atoms with van der Waals surface area (Å²) in [6.45, 7) is 7.56. The molecule has 0 saturated carbocycles. The van der Waals surface area contributed by atoms with E-state index in [0.717, 1.165) is 30.9 Å². The van der Waals surface area contributed by atoms with E-state index < -0.39 is 16.9 Å². The normalized spacial score (nSPS) is 12.7. The van der Waals surface area contributed by atoms with Gasteiger partial charge < -0.3 is 14.7 Å². The van der Waals surface area contributed by atoms with Gasteiger partial charge in [0.2, 0.25) is 0 Å². The smallest absolute Gasteiger partial charge is 0.119 e. The lowest BCUT2D eigenvalue weighted by Gasteiger charge is -2.20. The molecule has 25 heavy (non-hydrogen) atoms. The molecule has 0 bridgehead atoms. The summed E-state index contributed by atoms with van der Waals surface area (Å²) in [5, 5.41) is 18.7. The van der Waals surface area contributed by atoms with E-state index in [1.165, 1.54) is 0 Å². The summed E-state index contributed by atoms with van der Waals surface area (Å²) in [6.07, 6.45) is 1.23. The summed E-state index contributed by atoms with van der Waals surface area (Å²) in [5.74, 6) is 2.13. The topological polar surface area (TPSA) is 73.6 Å². The summed E-state index contributed by atoms with van der Waals surface area (Å²) in [4.78, 5) is 2.02. The Hall–Kier alpha value is -1.42. The van der Waals surface area contributed by atoms with Gasteiger partial charge in [0, 0.05) is 28.9 Å². The Kier molecular flexibility index (Phi) is 14.0. The molecular weight excluding hydrogens is 336 g/mol. The Morgan fingerprint density at radius 3 is 2.48 bits per heavy atom. The number of benzene rings is 1. The summed E-state index contributed by atoms with van der Waals surface area (Å²) < 4.78 is 17.1. The number of ether oxygens (including phenoxy) is 1. The Morgan fingerprint density at radius 1 is 1.28 bits per heavy atom. The van der Waals surface area contributed by atoms with E-state index in [0.29, 0.717) is 17.9 Å². The zero-order valence-electron chi connectivity index (χ0n) is 15.9. The Bertz CT molecular complexity index is 514. The molecule has 2 atom stereocenters. The van der Waals surface area contributed by atoms with Crippen LogP contribution in [0.2, 0.25) is 0 Å². The van der Waals surface area contributed by atoms with Gasteiger partial charge in [-0.05, 0) is 50.7 Å². The van der Waals surface area contributed by atoms with Crippen LogP contribution in [0.4, 0.5) is 0 Å². The largest absolute Gasteiger partial charge is 0.491 e. The van der Waals surface area contributed by atoms with Crippen molar-refractivity contribution in [1.82, 2.24) is 4.90 Å². The third-order valence-corrected chi connectivity index (χ3v) is 4.90. The van der Waals surface area contributed by atoms with Crippen molar-refractivity contribution in [3.8, 4) is 11.8 Å². The standard InChI is InChI=1S/C17H26N2O3S.C2H6/c1-3-10-23(21)11-4-9-19(2)13-16(20)14-22-17-7-5-15(12-18)6-8-17;1-2/h5-8,16,20H,3-4,9-11,13-14H2,1-2H3;1-2H3. The lowest BCUT2D eigenvalue weighted by molar-refractivity contribution is 0.0765. The molecule has 0 radical (unpaired) electrons. The van der Waals surface area contributed by atoms with Gasteiger partial charge in [0.25, 0.3) is 0 Å². The second kappa shape index (κ2) is 14.9. The van der Waals surface area contributed by atoms with Crippen LogP contribution in [0.3, 0.4) is 0 Å². The molecule has 0 aliphatic heterocycles. The maximum Gasteiger partial charge on any atom is 0.119 e. The van der Waals surface area contributed by atoms with Crippen molar-refractivity contribution in [2.24, 2.45) is 0 Å². The van der Waals surface area contributed by atoms with Gasteiger partial charge in [-0.2, -0.15) is 5.26 Å². The van der Waals surface area contributed by atoms with Crippen LogP contribution in [-0.4, -0.2) is 58.6 Å². The zero-order chi connectivity index (χ0) is 19.1. The van der Waals surface area contributed by atoms with E-state index in [1.807, 2.05) is 38.8 Å². The minimum atomic E-state index is -0.717. The van der Waals surface area contributed by atoms with Gasteiger partial charge in [-0.15, -0.1) is 0 Å². The van der Waals surface area contributed by atoms with Crippen LogP contribution in [0.25, 0.3) is 0 Å². The van der Waals surface area contributed by atoms with Crippen molar-refractivity contribution in [2.45, 2.75) is 39.7 Å². The number of aliphatic hydroxyl groups excluding tert-OH is 1. The van der Waals surface area contributed by atoms with E-state index in [4.69, 9.17) is 10.00 Å². The Balaban J connectivity index is 0.00000277. The van der Waals surface area contributed by atoms with Crippen LogP contribution in [0.15, 0.2) is 24.3 Å². The van der Waals surface area contributed by atoms with Crippen LogP contribution >= 0.6 is 0 Å². The first-order valence-corrected chi connectivity index (χ1v) is 10.4. The number of nitrogens with zero attached hydrogens (tertiary/aromatic N) is 2. The van der Waals surface area contributed by atoms with Crippen molar-refractivity contribution >= 4 is 10.8 Å². The van der Waals surface area contributed by atoms with Gasteiger partial charge in [-0.25, -0.2) is 0 Å². The highest BCUT2D eigenvalue weighted by Gasteiger charge is 2.10. The summed E-state index contributed by atoms with van der Waals surface area (Å²) in [6, 6.07) is 8.86. The van der Waals surface area contributed by atoms with Crippen molar-refractivity contribution in [3.05, 3.63) is 29.8 Å². The molecule has 0 aromatic heterocycles. The molecule has 0 heterocycles. The Morgan fingerprint density at radius 2 is 1.92 bits per heavy atom. The highest BCUT2D eigenvalue weighted by molar-refractivity contribution is 7.84. The van der Waals surface area contributed by atoms with Crippen molar-refractivity contribution in [1.29, 1.82) is 5.26 Å². The van der Waals surface area contributed by atoms with E-state index in [9.17, 15) is 9.32 Å². The SMILES string of the molecule is CC.CCCS(=O)CCCN(C)CC(O)COc1ccc(C#N)cc1. The highest BCUT2D eigenvalue weighted by Crippen LogP contribution is 2.11. The molecule has 142 valence electrons. The predicted octanol–water partition coefficient (Wildman–Crippen LogP) is 2.80. The van der Waals surface area contributed by atoms with Gasteiger partial charge in [0.1, 0.15) is 18.5 Å². The summed E-state index contributed by atoms with van der Waals surface area (Å²) >= 11 is 0. The van der Waals surface area contributed by atoms with Gasteiger partial charge in [0.05, 0.1) is 11.6 Å². The molecule has 0 fully saturated rings. The number of aliphatic hydroxyl groups is 1. The molecule has 0 amide bonds. The molecule has 1 rings (SSSR count). The first-order chi connectivity index (χ1) is 12.0. The van der Waals surface area contributed by atoms with Crippen LogP contribution in [0.1, 0.15) is 39.2 Å². The Labute approximate surface area is 155 Å². The van der Waals surface area contributed by atoms with Crippen molar-refractivity contribution in [2.75, 3.05) is 38.2 Å². The molecule has 0 spiro atoms. The van der Waals surface area contributed by atoms with Crippen LogP contribution < -0.4 is 4.74 Å². The average Bonchev–Trinajstić information content (AvgIpc) is 2.62. The molecule has 0 aliphatic carbocycles. The monoisotopic (exact) mass is 368 g/mol. The quantitative estimate of drug-likeness (QED) is 0.650. The maximum atomic E-state index is 11.6. The molecule has 0 aliphatic rings. The first-order valence-electron chi connectivity index (χ1n) is 8.89. The van der Waals surface area contributed by atoms with Gasteiger partial charge in [-0.1, -0.05) is 20.8 Å². The molecule has 2 unspecified atom stereocenters. The number of likely N-dealkylation sites (N-methyl/N-ethyl adjacent to an activating group) is 1. The molecule has 1 aromatic carbocycles. The van der Waals surface area contributed by atoms with Crippen LogP contribution in [0, 0.1) is 11.3 Å². The summed E-state index contributed by atoms with van der Waals surface area (Å²) in [7, 11) is 1.22. The van der Waals surface area contributed by atoms with Crippen molar-refractivity contribution < 1.29 is 14.1 Å². The zero-order valence-corrected chi connectivity index (χ0v) is 16.7. The van der Waals surface area contributed by atoms with Crippen LogP contribution in [0.5, 0.6) is 5.75 Å². The third-order valence-electron chi connectivity index (χ3n) is 3.29. The molecule has 6 heteroatoms. The fourth-order valence-electron chi connectivity index (χ4n) is 2.15. The van der Waals surface area contributed by atoms with E-state index in [1.54, 1.807) is 24.3 Å². The summed E-state index contributed by atoms with van der Waals surface area (Å²) in [5.41, 5.74) is 0.582. The second-order valence-electron chi connectivity index (χ2n) is 5.56. The lowest BCUT2D eigenvalue weighted by Crippen LogP contribution is -2.34. The van der Waals surface area contributed by atoms with Crippen LogP contribution in [-0.2, 0) is 10.8 Å². The number of hydrogen-bond donors (Lipinski definition) is 1. The minimum absolute atomic E-state index is 0.206. The van der Waals surface area contributed by atoms with Gasteiger partial charge in [-0.3, -0.25) is 4.21 Å². The fourth-order valence-corrected chi connectivity index (χ4v) is 3.26. The predicted molar refractivity (Wildman–Crippen MR) is 104 cm³/mol. The minimum Gasteiger partial charge on any atom is -0.491 e.